The number of anilines is 1. The number of carbonyl (C=O) groups excluding carboxylic acids is 1. The molecule has 0 radical (unpaired) electrons. The first-order valence-electron chi connectivity index (χ1n) is 7.35. The second kappa shape index (κ2) is 9.47. The van der Waals surface area contributed by atoms with Gasteiger partial charge in [0.2, 0.25) is 0 Å². The molecule has 0 bridgehead atoms. The average molecular weight is 439 g/mol. The Bertz CT molecular complexity index is 846. The van der Waals surface area contributed by atoms with Crippen molar-refractivity contribution in [1.82, 2.24) is 5.32 Å². The summed E-state index contributed by atoms with van der Waals surface area (Å²) in [5.41, 5.74) is 1.44. The second-order valence-corrected chi connectivity index (χ2v) is 6.66. The number of nitrogens with zero attached hydrogens (tertiary/aromatic N) is 1. The number of nitriles is 1. The van der Waals surface area contributed by atoms with Crippen molar-refractivity contribution in [3.63, 3.8) is 0 Å². The summed E-state index contributed by atoms with van der Waals surface area (Å²) >= 11 is 15.4. The zero-order valence-corrected chi connectivity index (χ0v) is 16.1. The number of amides is 1. The standard InChI is InChI=1S/C18H14BrCl2N3O/c19-14-5-2-1-4-12(14)8-9-23-11-13(10-22)18(25)24-16-7-3-6-15(20)17(16)21/h1-7,11,23H,8-9H2,(H,24,25)/b13-11-. The molecule has 1 amide bonds. The number of halogens is 3. The van der Waals surface area contributed by atoms with Gasteiger partial charge in [-0.2, -0.15) is 5.26 Å². The first-order chi connectivity index (χ1) is 12.0. The molecule has 4 nitrogen and oxygen atoms in total. The van der Waals surface area contributed by atoms with Gasteiger partial charge in [0.05, 0.1) is 15.7 Å². The number of nitrogens with one attached hydrogen (secondary N) is 2. The van der Waals surface area contributed by atoms with Crippen molar-refractivity contribution in [2.45, 2.75) is 6.42 Å². The zero-order valence-electron chi connectivity index (χ0n) is 13.0. The molecule has 0 aliphatic carbocycles. The summed E-state index contributed by atoms with van der Waals surface area (Å²) in [6.45, 7) is 0.582. The average Bonchev–Trinajstić information content (AvgIpc) is 2.60. The molecule has 0 saturated heterocycles. The van der Waals surface area contributed by atoms with Gasteiger partial charge < -0.3 is 10.6 Å². The van der Waals surface area contributed by atoms with Crippen LogP contribution in [0.25, 0.3) is 0 Å². The van der Waals surface area contributed by atoms with E-state index in [-0.39, 0.29) is 10.6 Å². The third-order valence-electron chi connectivity index (χ3n) is 3.31. The van der Waals surface area contributed by atoms with E-state index >= 15 is 0 Å². The highest BCUT2D eigenvalue weighted by Crippen LogP contribution is 2.29. The smallest absolute Gasteiger partial charge is 0.267 e. The lowest BCUT2D eigenvalue weighted by Crippen LogP contribution is -2.18. The van der Waals surface area contributed by atoms with Crippen LogP contribution in [0.1, 0.15) is 5.56 Å². The molecule has 0 aliphatic heterocycles. The summed E-state index contributed by atoms with van der Waals surface area (Å²) in [6, 6.07) is 14.6. The third kappa shape index (κ3) is 5.50. The maximum absolute atomic E-state index is 12.2. The Morgan fingerprint density at radius 1 is 1.20 bits per heavy atom. The fraction of sp³-hybridized carbons (Fsp3) is 0.111. The maximum Gasteiger partial charge on any atom is 0.267 e. The van der Waals surface area contributed by atoms with Crippen LogP contribution in [0.5, 0.6) is 0 Å². The lowest BCUT2D eigenvalue weighted by Gasteiger charge is -2.08. The van der Waals surface area contributed by atoms with Crippen molar-refractivity contribution in [1.29, 1.82) is 5.26 Å². The highest BCUT2D eigenvalue weighted by Gasteiger charge is 2.12. The Kier molecular flexibility index (Phi) is 7.32. The van der Waals surface area contributed by atoms with Gasteiger partial charge in [-0.1, -0.05) is 63.4 Å². The maximum atomic E-state index is 12.2. The van der Waals surface area contributed by atoms with Crippen LogP contribution in [0.15, 0.2) is 58.7 Å². The Morgan fingerprint density at radius 2 is 1.96 bits per heavy atom. The molecule has 2 aromatic carbocycles. The lowest BCUT2D eigenvalue weighted by atomic mass is 10.1. The molecule has 0 heterocycles. The van der Waals surface area contributed by atoms with Gasteiger partial charge in [0.1, 0.15) is 11.6 Å². The quantitative estimate of drug-likeness (QED) is 0.381. The van der Waals surface area contributed by atoms with Crippen molar-refractivity contribution < 1.29 is 4.79 Å². The molecule has 0 fully saturated rings. The highest BCUT2D eigenvalue weighted by molar-refractivity contribution is 9.10. The molecule has 2 N–H and O–H groups in total. The van der Waals surface area contributed by atoms with Gasteiger partial charge in [0, 0.05) is 17.2 Å². The SMILES string of the molecule is N#C/C(=C/NCCc1ccccc1Br)C(=O)Nc1cccc(Cl)c1Cl. The van der Waals surface area contributed by atoms with Crippen LogP contribution in [-0.4, -0.2) is 12.5 Å². The van der Waals surface area contributed by atoms with Crippen molar-refractivity contribution in [3.8, 4) is 6.07 Å². The van der Waals surface area contributed by atoms with Crippen LogP contribution in [0.4, 0.5) is 5.69 Å². The van der Waals surface area contributed by atoms with Crippen LogP contribution in [-0.2, 0) is 11.2 Å². The molecule has 0 aliphatic rings. The highest BCUT2D eigenvalue weighted by atomic mass is 79.9. The predicted molar refractivity (Wildman–Crippen MR) is 105 cm³/mol. The van der Waals surface area contributed by atoms with Gasteiger partial charge in [-0.15, -0.1) is 0 Å². The molecular formula is C18H14BrCl2N3O. The Labute approximate surface area is 164 Å². The lowest BCUT2D eigenvalue weighted by molar-refractivity contribution is -0.112. The van der Waals surface area contributed by atoms with E-state index < -0.39 is 5.91 Å². The molecule has 25 heavy (non-hydrogen) atoms. The van der Waals surface area contributed by atoms with Crippen LogP contribution >= 0.6 is 39.1 Å². The Balaban J connectivity index is 1.95. The van der Waals surface area contributed by atoms with E-state index in [2.05, 4.69) is 26.6 Å². The summed E-state index contributed by atoms with van der Waals surface area (Å²) in [5.74, 6) is -0.556. The first kappa shape index (κ1) is 19.3. The molecule has 0 unspecified atom stereocenters. The van der Waals surface area contributed by atoms with Crippen LogP contribution in [0.3, 0.4) is 0 Å². The van der Waals surface area contributed by atoms with Gasteiger partial charge in [0.25, 0.3) is 5.91 Å². The van der Waals surface area contributed by atoms with Gasteiger partial charge in [-0.05, 0) is 30.2 Å². The molecule has 128 valence electrons. The number of carbonyl (C=O) groups is 1. The van der Waals surface area contributed by atoms with Crippen molar-refractivity contribution in [2.24, 2.45) is 0 Å². The van der Waals surface area contributed by atoms with Crippen molar-refractivity contribution in [2.75, 3.05) is 11.9 Å². The number of benzene rings is 2. The molecule has 0 spiro atoms. The van der Waals surface area contributed by atoms with Gasteiger partial charge in [-0.25, -0.2) is 0 Å². The van der Waals surface area contributed by atoms with E-state index in [1.807, 2.05) is 30.3 Å². The molecule has 0 aromatic heterocycles. The van der Waals surface area contributed by atoms with Gasteiger partial charge in [-0.3, -0.25) is 4.79 Å². The van der Waals surface area contributed by atoms with Gasteiger partial charge >= 0.3 is 0 Å². The van der Waals surface area contributed by atoms with E-state index in [0.717, 1.165) is 16.5 Å². The van der Waals surface area contributed by atoms with E-state index in [0.29, 0.717) is 17.3 Å². The largest absolute Gasteiger partial charge is 0.389 e. The molecule has 7 heteroatoms. The second-order valence-electron chi connectivity index (χ2n) is 5.02. The summed E-state index contributed by atoms with van der Waals surface area (Å²) in [6.07, 6.45) is 2.14. The summed E-state index contributed by atoms with van der Waals surface area (Å²) in [5, 5.41) is 15.3. The molecule has 0 saturated carbocycles. The molecule has 0 atom stereocenters. The minimum atomic E-state index is -0.556. The first-order valence-corrected chi connectivity index (χ1v) is 8.90. The van der Waals surface area contributed by atoms with Crippen molar-refractivity contribution >= 4 is 50.7 Å². The summed E-state index contributed by atoms with van der Waals surface area (Å²) in [7, 11) is 0. The molecular weight excluding hydrogens is 425 g/mol. The van der Waals surface area contributed by atoms with E-state index in [9.17, 15) is 10.1 Å². The molecule has 2 rings (SSSR count). The number of hydrogen-bond acceptors (Lipinski definition) is 3. The van der Waals surface area contributed by atoms with Crippen LogP contribution in [0.2, 0.25) is 10.0 Å². The number of hydrogen-bond donors (Lipinski definition) is 2. The molecule has 2 aromatic rings. The fourth-order valence-electron chi connectivity index (χ4n) is 2.02. The topological polar surface area (TPSA) is 64.9 Å². The van der Waals surface area contributed by atoms with Gasteiger partial charge in [0.15, 0.2) is 0 Å². The Hall–Kier alpha value is -2.00. The number of rotatable bonds is 6. The Morgan fingerprint density at radius 3 is 2.68 bits per heavy atom. The van der Waals surface area contributed by atoms with Crippen molar-refractivity contribution in [3.05, 3.63) is 74.3 Å². The van der Waals surface area contributed by atoms with Crippen LogP contribution in [0, 0.1) is 11.3 Å². The third-order valence-corrected chi connectivity index (χ3v) is 4.90. The van der Waals surface area contributed by atoms with E-state index in [1.165, 1.54) is 6.20 Å². The summed E-state index contributed by atoms with van der Waals surface area (Å²) < 4.78 is 1.02. The summed E-state index contributed by atoms with van der Waals surface area (Å²) in [4.78, 5) is 12.2. The normalized spacial score (nSPS) is 10.9. The van der Waals surface area contributed by atoms with E-state index in [4.69, 9.17) is 23.2 Å². The minimum absolute atomic E-state index is 0.0526. The monoisotopic (exact) mass is 437 g/mol. The predicted octanol–water partition coefficient (Wildman–Crippen LogP) is 4.93. The fourth-order valence-corrected chi connectivity index (χ4v) is 2.85. The minimum Gasteiger partial charge on any atom is -0.389 e. The van der Waals surface area contributed by atoms with Crippen LogP contribution < -0.4 is 10.6 Å². The zero-order chi connectivity index (χ0) is 18.2. The van der Waals surface area contributed by atoms with E-state index in [1.54, 1.807) is 18.2 Å².